The number of benzene rings is 2. The summed E-state index contributed by atoms with van der Waals surface area (Å²) in [6.07, 6.45) is 1.11. The highest BCUT2D eigenvalue weighted by atomic mass is 32.2. The third kappa shape index (κ3) is 5.23. The Morgan fingerprint density at radius 3 is 2.30 bits per heavy atom. The van der Waals surface area contributed by atoms with E-state index >= 15 is 0 Å². The summed E-state index contributed by atoms with van der Waals surface area (Å²) in [5, 5.41) is 0. The summed E-state index contributed by atoms with van der Waals surface area (Å²) in [4.78, 5) is 14.4. The van der Waals surface area contributed by atoms with Gasteiger partial charge in [-0.05, 0) is 49.2 Å². The number of amides is 1. The van der Waals surface area contributed by atoms with Crippen LogP contribution in [-0.2, 0) is 21.4 Å². The predicted molar refractivity (Wildman–Crippen MR) is 107 cm³/mol. The van der Waals surface area contributed by atoms with E-state index in [0.29, 0.717) is 12.2 Å². The molecule has 2 aromatic carbocycles. The molecule has 0 radical (unpaired) electrons. The van der Waals surface area contributed by atoms with Gasteiger partial charge in [0.2, 0.25) is 15.9 Å². The molecule has 0 bridgehead atoms. The van der Waals surface area contributed by atoms with Crippen LogP contribution in [-0.4, -0.2) is 45.7 Å². The van der Waals surface area contributed by atoms with Crippen molar-refractivity contribution in [3.8, 4) is 5.75 Å². The minimum atomic E-state index is -3.63. The third-order valence-electron chi connectivity index (χ3n) is 4.28. The molecule has 2 rings (SSSR count). The highest BCUT2D eigenvalue weighted by Crippen LogP contribution is 2.23. The lowest BCUT2D eigenvalue weighted by molar-refractivity contribution is -0.131. The summed E-state index contributed by atoms with van der Waals surface area (Å²) in [5.41, 5.74) is 2.34. The predicted octanol–water partition coefficient (Wildman–Crippen LogP) is 2.82. The minimum absolute atomic E-state index is 0.280. The average Bonchev–Trinajstić information content (AvgIpc) is 2.60. The topological polar surface area (TPSA) is 66.9 Å². The van der Waals surface area contributed by atoms with E-state index in [4.69, 9.17) is 4.74 Å². The summed E-state index contributed by atoms with van der Waals surface area (Å²) in [6, 6.07) is 13.7. The molecule has 0 aromatic heterocycles. The lowest BCUT2D eigenvalue weighted by Gasteiger charge is -2.31. The first kappa shape index (κ1) is 20.8. The van der Waals surface area contributed by atoms with E-state index in [9.17, 15) is 13.2 Å². The SMILES string of the molecule is COc1ccc(CN(C)C(=O)[C@H](C)N(c2cccc(C)c2)S(C)(=O)=O)cc1. The zero-order valence-electron chi connectivity index (χ0n) is 16.3. The number of ether oxygens (including phenoxy) is 1. The van der Waals surface area contributed by atoms with Gasteiger partial charge in [-0.25, -0.2) is 8.42 Å². The van der Waals surface area contributed by atoms with Gasteiger partial charge < -0.3 is 9.64 Å². The number of nitrogens with zero attached hydrogens (tertiary/aromatic N) is 2. The second kappa shape index (κ2) is 8.43. The normalized spacial score (nSPS) is 12.3. The summed E-state index contributed by atoms with van der Waals surface area (Å²) in [7, 11) is -0.364. The van der Waals surface area contributed by atoms with Crippen molar-refractivity contribution >= 4 is 21.6 Å². The molecule has 0 aliphatic heterocycles. The number of carbonyl (C=O) groups excluding carboxylic acids is 1. The maximum Gasteiger partial charge on any atom is 0.246 e. The van der Waals surface area contributed by atoms with Crippen LogP contribution in [0.5, 0.6) is 5.75 Å². The molecule has 1 amide bonds. The molecule has 0 saturated heterocycles. The van der Waals surface area contributed by atoms with Crippen LogP contribution in [0.1, 0.15) is 18.1 Å². The lowest BCUT2D eigenvalue weighted by atomic mass is 10.1. The Hall–Kier alpha value is -2.54. The van der Waals surface area contributed by atoms with Crippen molar-refractivity contribution in [2.45, 2.75) is 26.4 Å². The summed E-state index contributed by atoms with van der Waals surface area (Å²) >= 11 is 0. The molecule has 0 heterocycles. The summed E-state index contributed by atoms with van der Waals surface area (Å²) < 4.78 is 31.1. The number of sulfonamides is 1. The van der Waals surface area contributed by atoms with E-state index in [1.807, 2.05) is 37.3 Å². The van der Waals surface area contributed by atoms with Gasteiger partial charge in [0.1, 0.15) is 11.8 Å². The van der Waals surface area contributed by atoms with Crippen LogP contribution < -0.4 is 9.04 Å². The maximum atomic E-state index is 12.9. The van der Waals surface area contributed by atoms with Crippen molar-refractivity contribution < 1.29 is 17.9 Å². The second-order valence-electron chi connectivity index (χ2n) is 6.62. The van der Waals surface area contributed by atoms with Crippen LogP contribution in [0.4, 0.5) is 5.69 Å². The number of hydrogen-bond donors (Lipinski definition) is 0. The number of hydrogen-bond acceptors (Lipinski definition) is 4. The van der Waals surface area contributed by atoms with Gasteiger partial charge in [0.25, 0.3) is 0 Å². The molecule has 27 heavy (non-hydrogen) atoms. The van der Waals surface area contributed by atoms with Crippen molar-refractivity contribution in [1.82, 2.24) is 4.90 Å². The van der Waals surface area contributed by atoms with Gasteiger partial charge in [-0.3, -0.25) is 9.10 Å². The molecule has 6 nitrogen and oxygen atoms in total. The fourth-order valence-electron chi connectivity index (χ4n) is 2.97. The third-order valence-corrected chi connectivity index (χ3v) is 5.52. The average molecular weight is 391 g/mol. The second-order valence-corrected chi connectivity index (χ2v) is 8.48. The number of methoxy groups -OCH3 is 1. The van der Waals surface area contributed by atoms with E-state index in [-0.39, 0.29) is 5.91 Å². The van der Waals surface area contributed by atoms with Gasteiger partial charge in [0.05, 0.1) is 19.1 Å². The fourth-order valence-corrected chi connectivity index (χ4v) is 4.13. The first-order valence-electron chi connectivity index (χ1n) is 8.57. The van der Waals surface area contributed by atoms with Crippen molar-refractivity contribution in [1.29, 1.82) is 0 Å². The number of aryl methyl sites for hydroxylation is 1. The van der Waals surface area contributed by atoms with Crippen LogP contribution >= 0.6 is 0 Å². The van der Waals surface area contributed by atoms with Gasteiger partial charge in [-0.2, -0.15) is 0 Å². The molecular weight excluding hydrogens is 364 g/mol. The largest absolute Gasteiger partial charge is 0.497 e. The Kier molecular flexibility index (Phi) is 6.49. The van der Waals surface area contributed by atoms with Crippen molar-refractivity contribution in [3.63, 3.8) is 0 Å². The van der Waals surface area contributed by atoms with Gasteiger partial charge >= 0.3 is 0 Å². The molecule has 0 aliphatic rings. The number of anilines is 1. The molecule has 0 fully saturated rings. The molecule has 1 atom stereocenters. The quantitative estimate of drug-likeness (QED) is 0.729. The van der Waals surface area contributed by atoms with Crippen LogP contribution in [0.3, 0.4) is 0 Å². The van der Waals surface area contributed by atoms with Crippen molar-refractivity contribution in [3.05, 3.63) is 59.7 Å². The highest BCUT2D eigenvalue weighted by Gasteiger charge is 2.31. The van der Waals surface area contributed by atoms with E-state index in [0.717, 1.165) is 23.1 Å². The molecule has 0 saturated carbocycles. The maximum absolute atomic E-state index is 12.9. The van der Waals surface area contributed by atoms with Gasteiger partial charge in [-0.1, -0.05) is 24.3 Å². The van der Waals surface area contributed by atoms with Crippen molar-refractivity contribution in [2.24, 2.45) is 0 Å². The van der Waals surface area contributed by atoms with E-state index in [1.54, 1.807) is 39.3 Å². The Morgan fingerprint density at radius 2 is 1.78 bits per heavy atom. The number of carbonyl (C=O) groups is 1. The molecule has 0 unspecified atom stereocenters. The number of likely N-dealkylation sites (N-methyl/N-ethyl adjacent to an activating group) is 1. The summed E-state index contributed by atoms with van der Waals surface area (Å²) in [6.45, 7) is 3.86. The Bertz CT molecular complexity index is 894. The fraction of sp³-hybridized carbons (Fsp3) is 0.350. The van der Waals surface area contributed by atoms with Gasteiger partial charge in [0.15, 0.2) is 0 Å². The number of rotatable bonds is 7. The van der Waals surface area contributed by atoms with Gasteiger partial charge in [-0.15, -0.1) is 0 Å². The zero-order valence-corrected chi connectivity index (χ0v) is 17.2. The highest BCUT2D eigenvalue weighted by molar-refractivity contribution is 7.92. The van der Waals surface area contributed by atoms with Crippen LogP contribution in [0.25, 0.3) is 0 Å². The van der Waals surface area contributed by atoms with Gasteiger partial charge in [0, 0.05) is 13.6 Å². The first-order chi connectivity index (χ1) is 12.6. The van der Waals surface area contributed by atoms with E-state index in [1.165, 1.54) is 9.21 Å². The molecule has 2 aromatic rings. The zero-order chi connectivity index (χ0) is 20.2. The molecule has 0 N–H and O–H groups in total. The van der Waals surface area contributed by atoms with Crippen molar-refractivity contribution in [2.75, 3.05) is 24.7 Å². The Labute approximate surface area is 161 Å². The van der Waals surface area contributed by atoms with E-state index < -0.39 is 16.1 Å². The first-order valence-corrected chi connectivity index (χ1v) is 10.4. The molecule has 0 aliphatic carbocycles. The summed E-state index contributed by atoms with van der Waals surface area (Å²) in [5.74, 6) is 0.460. The van der Waals surface area contributed by atoms with Crippen LogP contribution in [0.2, 0.25) is 0 Å². The monoisotopic (exact) mass is 390 g/mol. The molecule has 7 heteroatoms. The molecular formula is C20H26N2O4S. The Morgan fingerprint density at radius 1 is 1.15 bits per heavy atom. The standard InChI is InChI=1S/C20H26N2O4S/c1-15-7-6-8-18(13-15)22(27(5,24)25)16(2)20(23)21(3)14-17-9-11-19(26-4)12-10-17/h6-13,16H,14H2,1-5H3/t16-/m0/s1. The molecule has 0 spiro atoms. The minimum Gasteiger partial charge on any atom is -0.497 e. The molecule has 146 valence electrons. The van der Waals surface area contributed by atoms with Crippen LogP contribution in [0, 0.1) is 6.92 Å². The lowest BCUT2D eigenvalue weighted by Crippen LogP contribution is -2.48. The van der Waals surface area contributed by atoms with E-state index in [2.05, 4.69) is 0 Å². The smallest absolute Gasteiger partial charge is 0.246 e. The Balaban J connectivity index is 2.23. The van der Waals surface area contributed by atoms with Crippen LogP contribution in [0.15, 0.2) is 48.5 Å².